The number of hydrogen-bond acceptors (Lipinski definition) is 5. The maximum absolute atomic E-state index is 11.5. The van der Waals surface area contributed by atoms with Gasteiger partial charge < -0.3 is 9.84 Å². The fraction of sp³-hybridized carbons (Fsp3) is 0.0714. The molecule has 20 heavy (non-hydrogen) atoms. The molecule has 3 aromatic rings. The Hall–Kier alpha value is -2.89. The van der Waals surface area contributed by atoms with Gasteiger partial charge in [0.15, 0.2) is 11.5 Å². The van der Waals surface area contributed by atoms with Gasteiger partial charge in [-0.3, -0.25) is 4.40 Å². The molecule has 2 aromatic heterocycles. The second-order valence-electron chi connectivity index (χ2n) is 4.21. The lowest BCUT2D eigenvalue weighted by Gasteiger charge is -2.02. The van der Waals surface area contributed by atoms with Crippen molar-refractivity contribution in [1.82, 2.24) is 14.6 Å². The van der Waals surface area contributed by atoms with Crippen LogP contribution >= 0.6 is 0 Å². The number of carbonyl (C=O) groups excluding carboxylic acids is 1. The van der Waals surface area contributed by atoms with Crippen molar-refractivity contribution in [1.29, 1.82) is 0 Å². The molecule has 0 atom stereocenters. The third-order valence-corrected chi connectivity index (χ3v) is 2.96. The van der Waals surface area contributed by atoms with Crippen molar-refractivity contribution in [3.63, 3.8) is 0 Å². The Bertz CT molecular complexity index is 778. The highest BCUT2D eigenvalue weighted by atomic mass is 16.5. The van der Waals surface area contributed by atoms with Crippen LogP contribution in [0.4, 0.5) is 0 Å². The van der Waals surface area contributed by atoms with E-state index in [0.717, 1.165) is 5.56 Å². The Morgan fingerprint density at radius 2 is 1.95 bits per heavy atom. The third kappa shape index (κ3) is 1.97. The van der Waals surface area contributed by atoms with Crippen molar-refractivity contribution in [2.45, 2.75) is 0 Å². The minimum Gasteiger partial charge on any atom is -0.508 e. The number of aromatic nitrogens is 3. The summed E-state index contributed by atoms with van der Waals surface area (Å²) in [6, 6.07) is 9.92. The zero-order chi connectivity index (χ0) is 14.1. The highest BCUT2D eigenvalue weighted by molar-refractivity contribution is 5.90. The first kappa shape index (κ1) is 12.2. The number of phenols is 1. The van der Waals surface area contributed by atoms with E-state index in [1.165, 1.54) is 7.11 Å². The Morgan fingerprint density at radius 1 is 1.20 bits per heavy atom. The smallest absolute Gasteiger partial charge is 0.338 e. The van der Waals surface area contributed by atoms with Crippen LogP contribution in [0.1, 0.15) is 10.4 Å². The number of pyridine rings is 1. The topological polar surface area (TPSA) is 76.7 Å². The molecule has 0 aliphatic heterocycles. The van der Waals surface area contributed by atoms with Gasteiger partial charge in [-0.15, -0.1) is 10.2 Å². The van der Waals surface area contributed by atoms with E-state index in [9.17, 15) is 9.90 Å². The molecule has 100 valence electrons. The van der Waals surface area contributed by atoms with Crippen molar-refractivity contribution in [2.24, 2.45) is 0 Å². The lowest BCUT2D eigenvalue weighted by Crippen LogP contribution is -2.02. The van der Waals surface area contributed by atoms with Crippen LogP contribution in [0.3, 0.4) is 0 Å². The first-order valence-electron chi connectivity index (χ1n) is 5.91. The number of rotatable bonds is 2. The van der Waals surface area contributed by atoms with E-state index in [2.05, 4.69) is 14.9 Å². The highest BCUT2D eigenvalue weighted by Gasteiger charge is 2.11. The van der Waals surface area contributed by atoms with E-state index >= 15 is 0 Å². The zero-order valence-electron chi connectivity index (χ0n) is 10.6. The van der Waals surface area contributed by atoms with Crippen molar-refractivity contribution in [3.05, 3.63) is 48.2 Å². The molecule has 0 unspecified atom stereocenters. The van der Waals surface area contributed by atoms with Gasteiger partial charge in [-0.2, -0.15) is 0 Å². The Morgan fingerprint density at radius 3 is 2.65 bits per heavy atom. The predicted molar refractivity (Wildman–Crippen MR) is 71.4 cm³/mol. The molecule has 6 nitrogen and oxygen atoms in total. The van der Waals surface area contributed by atoms with E-state index in [4.69, 9.17) is 0 Å². The molecule has 0 aliphatic carbocycles. The summed E-state index contributed by atoms with van der Waals surface area (Å²) in [4.78, 5) is 11.5. The first-order chi connectivity index (χ1) is 9.69. The number of aromatic hydroxyl groups is 1. The van der Waals surface area contributed by atoms with Gasteiger partial charge in [0.05, 0.1) is 12.7 Å². The van der Waals surface area contributed by atoms with Crippen LogP contribution in [0.15, 0.2) is 42.6 Å². The van der Waals surface area contributed by atoms with E-state index in [-0.39, 0.29) is 5.75 Å². The number of methoxy groups -OCH3 is 1. The number of esters is 1. The van der Waals surface area contributed by atoms with Crippen molar-refractivity contribution >= 4 is 11.6 Å². The van der Waals surface area contributed by atoms with Crippen molar-refractivity contribution in [3.8, 4) is 17.1 Å². The third-order valence-electron chi connectivity index (χ3n) is 2.96. The van der Waals surface area contributed by atoms with Gasteiger partial charge in [0.1, 0.15) is 5.75 Å². The van der Waals surface area contributed by atoms with E-state index in [1.807, 2.05) is 0 Å². The molecule has 0 fully saturated rings. The van der Waals surface area contributed by atoms with E-state index in [0.29, 0.717) is 17.0 Å². The SMILES string of the molecule is COC(=O)c1ccn2c(-c3ccc(O)cc3)nnc2c1. The summed E-state index contributed by atoms with van der Waals surface area (Å²) in [5.74, 6) is 0.411. The summed E-state index contributed by atoms with van der Waals surface area (Å²) < 4.78 is 6.43. The van der Waals surface area contributed by atoms with Crippen LogP contribution in [0.2, 0.25) is 0 Å². The first-order valence-corrected chi connectivity index (χ1v) is 5.91. The molecule has 0 bridgehead atoms. The fourth-order valence-electron chi connectivity index (χ4n) is 1.94. The monoisotopic (exact) mass is 269 g/mol. The maximum atomic E-state index is 11.5. The van der Waals surface area contributed by atoms with Gasteiger partial charge in [0.2, 0.25) is 0 Å². The quantitative estimate of drug-likeness (QED) is 0.719. The minimum absolute atomic E-state index is 0.190. The number of hydrogen-bond donors (Lipinski definition) is 1. The van der Waals surface area contributed by atoms with Gasteiger partial charge in [-0.05, 0) is 36.4 Å². The molecule has 0 radical (unpaired) electrons. The Kier molecular flexibility index (Phi) is 2.83. The molecule has 0 saturated carbocycles. The molecule has 2 heterocycles. The molecule has 1 aromatic carbocycles. The summed E-state index contributed by atoms with van der Waals surface area (Å²) in [6.07, 6.45) is 1.71. The van der Waals surface area contributed by atoms with Gasteiger partial charge in [0, 0.05) is 11.8 Å². The number of phenolic OH excluding ortho intramolecular Hbond substituents is 1. The summed E-state index contributed by atoms with van der Waals surface area (Å²) in [5.41, 5.74) is 1.79. The molecule has 3 rings (SSSR count). The van der Waals surface area contributed by atoms with Gasteiger partial charge in [-0.25, -0.2) is 4.79 Å². The fourth-order valence-corrected chi connectivity index (χ4v) is 1.94. The van der Waals surface area contributed by atoms with Crippen LogP contribution in [0.25, 0.3) is 17.0 Å². The number of fused-ring (bicyclic) bond motifs is 1. The van der Waals surface area contributed by atoms with Crippen LogP contribution in [0.5, 0.6) is 5.75 Å². The molecule has 0 amide bonds. The molecule has 6 heteroatoms. The second kappa shape index (κ2) is 4.65. The normalized spacial score (nSPS) is 10.7. The summed E-state index contributed by atoms with van der Waals surface area (Å²) in [7, 11) is 1.33. The zero-order valence-corrected chi connectivity index (χ0v) is 10.6. The maximum Gasteiger partial charge on any atom is 0.338 e. The van der Waals surface area contributed by atoms with Gasteiger partial charge in [0.25, 0.3) is 0 Å². The van der Waals surface area contributed by atoms with Gasteiger partial charge in [-0.1, -0.05) is 0 Å². The average molecular weight is 269 g/mol. The van der Waals surface area contributed by atoms with Crippen LogP contribution in [-0.2, 0) is 4.74 Å². The Balaban J connectivity index is 2.10. The van der Waals surface area contributed by atoms with Crippen molar-refractivity contribution in [2.75, 3.05) is 7.11 Å². The minimum atomic E-state index is -0.415. The second-order valence-corrected chi connectivity index (χ2v) is 4.21. The lowest BCUT2D eigenvalue weighted by atomic mass is 10.2. The van der Waals surface area contributed by atoms with E-state index in [1.54, 1.807) is 47.0 Å². The molecule has 0 spiro atoms. The number of carbonyl (C=O) groups is 1. The molecule has 0 saturated heterocycles. The van der Waals surface area contributed by atoms with Crippen LogP contribution in [0, 0.1) is 0 Å². The molecular weight excluding hydrogens is 258 g/mol. The lowest BCUT2D eigenvalue weighted by molar-refractivity contribution is 0.0600. The van der Waals surface area contributed by atoms with Crippen LogP contribution in [-0.4, -0.2) is 32.8 Å². The Labute approximate surface area is 114 Å². The van der Waals surface area contributed by atoms with Gasteiger partial charge >= 0.3 is 5.97 Å². The predicted octanol–water partition coefficient (Wildman–Crippen LogP) is 1.89. The van der Waals surface area contributed by atoms with Crippen LogP contribution < -0.4 is 0 Å². The summed E-state index contributed by atoms with van der Waals surface area (Å²) in [6.45, 7) is 0. The standard InChI is InChI=1S/C14H11N3O3/c1-20-14(19)10-6-7-17-12(8-10)15-16-13(17)9-2-4-11(18)5-3-9/h2-8,18H,1H3. The molecule has 0 aliphatic rings. The average Bonchev–Trinajstić information content (AvgIpc) is 2.90. The number of nitrogens with zero attached hydrogens (tertiary/aromatic N) is 3. The van der Waals surface area contributed by atoms with Crippen molar-refractivity contribution < 1.29 is 14.6 Å². The summed E-state index contributed by atoms with van der Waals surface area (Å²) in [5, 5.41) is 17.4. The summed E-state index contributed by atoms with van der Waals surface area (Å²) >= 11 is 0. The highest BCUT2D eigenvalue weighted by Crippen LogP contribution is 2.21. The molecule has 1 N–H and O–H groups in total. The molecular formula is C14H11N3O3. The van der Waals surface area contributed by atoms with E-state index < -0.39 is 5.97 Å². The largest absolute Gasteiger partial charge is 0.508 e. The number of benzene rings is 1. The number of ether oxygens (including phenoxy) is 1.